The van der Waals surface area contributed by atoms with Crippen LogP contribution in [0.1, 0.15) is 93.5 Å². The van der Waals surface area contributed by atoms with Gasteiger partial charge in [-0.1, -0.05) is 48.5 Å². The van der Waals surface area contributed by atoms with Gasteiger partial charge < -0.3 is 30.8 Å². The number of sulfonamides is 1. The zero-order valence-corrected chi connectivity index (χ0v) is 31.2. The number of rotatable bonds is 18. The van der Waals surface area contributed by atoms with E-state index in [-0.39, 0.29) is 53.4 Å². The number of carbonyl (C=O) groups excluding carboxylic acids is 4. The first-order chi connectivity index (χ1) is 22.7. The molecule has 2 rings (SSSR count). The van der Waals surface area contributed by atoms with Crippen molar-refractivity contribution in [2.24, 2.45) is 23.7 Å². The quantitative estimate of drug-likeness (QED) is 0.156. The molecule has 1 aromatic carbocycles. The molecule has 2 aromatic rings. The number of hydrogen-bond acceptors (Lipinski definition) is 8. The minimum atomic E-state index is -3.74. The van der Waals surface area contributed by atoms with Gasteiger partial charge in [0.2, 0.25) is 21.8 Å². The number of benzene rings is 1. The molecule has 13 nitrogen and oxygen atoms in total. The Morgan fingerprint density at radius 3 is 1.96 bits per heavy atom. The van der Waals surface area contributed by atoms with Crippen LogP contribution >= 0.6 is 0 Å². The summed E-state index contributed by atoms with van der Waals surface area (Å²) in [5, 5.41) is 22.5. The van der Waals surface area contributed by atoms with Crippen LogP contribution < -0.4 is 25.6 Å². The number of aliphatic hydroxyl groups excluding tert-OH is 1. The number of hydrogen-bond donors (Lipinski definition) is 5. The fourth-order valence-corrected chi connectivity index (χ4v) is 5.54. The van der Waals surface area contributed by atoms with Gasteiger partial charge in [0.15, 0.2) is 0 Å². The molecule has 0 aliphatic heterocycles. The second-order valence-corrected chi connectivity index (χ2v) is 16.0. The van der Waals surface area contributed by atoms with Gasteiger partial charge >= 0.3 is 0 Å². The van der Waals surface area contributed by atoms with E-state index in [9.17, 15) is 32.7 Å². The summed E-state index contributed by atoms with van der Waals surface area (Å²) < 4.78 is 31.2. The maximum Gasteiger partial charge on any atom is 0.251 e. The van der Waals surface area contributed by atoms with Crippen LogP contribution in [0.2, 0.25) is 0 Å². The molecular weight excluding hydrogens is 650 g/mol. The van der Waals surface area contributed by atoms with Crippen LogP contribution in [0.25, 0.3) is 0 Å². The number of nitrogens with zero attached hydrogens (tertiary/aromatic N) is 1. The van der Waals surface area contributed by atoms with Crippen LogP contribution in [0.5, 0.6) is 0 Å². The van der Waals surface area contributed by atoms with Crippen molar-refractivity contribution < 1.29 is 37.1 Å². The lowest BCUT2D eigenvalue weighted by Crippen LogP contribution is -2.52. The van der Waals surface area contributed by atoms with E-state index in [0.29, 0.717) is 24.5 Å². The third-order valence-corrected chi connectivity index (χ3v) is 9.21. The number of carbonyl (C=O) groups is 4. The van der Waals surface area contributed by atoms with Crippen LogP contribution in [0.4, 0.5) is 5.69 Å². The molecule has 4 unspecified atom stereocenters. The van der Waals surface area contributed by atoms with Crippen molar-refractivity contribution in [3.63, 3.8) is 0 Å². The van der Waals surface area contributed by atoms with Crippen molar-refractivity contribution in [2.45, 2.75) is 93.0 Å². The molecule has 0 radical (unpaired) electrons. The van der Waals surface area contributed by atoms with E-state index in [1.807, 2.05) is 41.5 Å². The van der Waals surface area contributed by atoms with Gasteiger partial charge in [-0.25, -0.2) is 8.42 Å². The smallest absolute Gasteiger partial charge is 0.251 e. The van der Waals surface area contributed by atoms with Crippen molar-refractivity contribution in [3.05, 3.63) is 53.0 Å². The number of aryl methyl sites for hydroxylation is 1. The van der Waals surface area contributed by atoms with Crippen LogP contribution in [-0.4, -0.2) is 75.2 Å². The number of anilines is 1. The summed E-state index contributed by atoms with van der Waals surface area (Å²) in [6, 6.07) is 6.03. The van der Waals surface area contributed by atoms with Gasteiger partial charge in [-0.3, -0.25) is 23.5 Å². The van der Waals surface area contributed by atoms with E-state index in [4.69, 9.17) is 4.42 Å². The second-order valence-electron chi connectivity index (χ2n) is 14.0. The third kappa shape index (κ3) is 13.1. The normalized spacial score (nSPS) is 14.2. The second kappa shape index (κ2) is 18.2. The average molecular weight is 706 g/mol. The van der Waals surface area contributed by atoms with E-state index in [0.717, 1.165) is 10.6 Å². The molecule has 1 heterocycles. The lowest BCUT2D eigenvalue weighted by Gasteiger charge is -2.29. The van der Waals surface area contributed by atoms with Gasteiger partial charge in [-0.2, -0.15) is 0 Å². The Morgan fingerprint density at radius 2 is 1.45 bits per heavy atom. The summed E-state index contributed by atoms with van der Waals surface area (Å²) in [5.41, 5.74) is 0.147. The molecular formula is C35H55N5O8S. The van der Waals surface area contributed by atoms with Crippen molar-refractivity contribution in [2.75, 3.05) is 24.2 Å². The van der Waals surface area contributed by atoms with Crippen molar-refractivity contribution in [1.82, 2.24) is 21.3 Å². The van der Waals surface area contributed by atoms with Crippen molar-refractivity contribution in [1.29, 1.82) is 0 Å². The summed E-state index contributed by atoms with van der Waals surface area (Å²) >= 11 is 0. The number of amides is 4. The molecule has 0 aliphatic rings. The Bertz CT molecular complexity index is 1550. The lowest BCUT2D eigenvalue weighted by atomic mass is 9.91. The maximum absolute atomic E-state index is 13.7. The van der Waals surface area contributed by atoms with E-state index >= 15 is 0 Å². The average Bonchev–Trinajstić information content (AvgIpc) is 3.43. The van der Waals surface area contributed by atoms with Gasteiger partial charge in [0.25, 0.3) is 11.8 Å². The largest absolute Gasteiger partial charge is 0.465 e. The van der Waals surface area contributed by atoms with Gasteiger partial charge in [-0.15, -0.1) is 0 Å². The number of furan rings is 1. The summed E-state index contributed by atoms with van der Waals surface area (Å²) in [6.07, 6.45) is 0.234. The molecule has 0 fully saturated rings. The number of aliphatic hydroxyl groups is 1. The van der Waals surface area contributed by atoms with E-state index < -0.39 is 51.9 Å². The van der Waals surface area contributed by atoms with Crippen LogP contribution in [-0.2, 0) is 26.2 Å². The molecule has 1 aromatic heterocycles. The highest BCUT2D eigenvalue weighted by Gasteiger charge is 2.30. The Labute approximate surface area is 291 Å². The van der Waals surface area contributed by atoms with Gasteiger partial charge in [0, 0.05) is 30.6 Å². The molecule has 14 heteroatoms. The molecule has 0 aliphatic carbocycles. The van der Waals surface area contributed by atoms with Crippen molar-refractivity contribution in [3.8, 4) is 0 Å². The van der Waals surface area contributed by atoms with Crippen LogP contribution in [0, 0.1) is 30.6 Å². The zero-order valence-electron chi connectivity index (χ0n) is 30.4. The Hall–Kier alpha value is -3.91. The molecule has 0 saturated carbocycles. The van der Waals surface area contributed by atoms with Crippen LogP contribution in [0.15, 0.2) is 34.7 Å². The summed E-state index contributed by atoms with van der Waals surface area (Å²) in [6.45, 7) is 15.5. The fraction of sp³-hybridized carbons (Fsp3) is 0.600. The van der Waals surface area contributed by atoms with Crippen LogP contribution in [0.3, 0.4) is 0 Å². The first-order valence-corrected chi connectivity index (χ1v) is 18.5. The fourth-order valence-electron chi connectivity index (χ4n) is 5.05. The molecule has 0 spiro atoms. The topological polar surface area (TPSA) is 187 Å². The predicted molar refractivity (Wildman–Crippen MR) is 189 cm³/mol. The minimum Gasteiger partial charge on any atom is -0.465 e. The molecule has 5 N–H and O–H groups in total. The molecule has 49 heavy (non-hydrogen) atoms. The van der Waals surface area contributed by atoms with Gasteiger partial charge in [0.05, 0.1) is 30.6 Å². The van der Waals surface area contributed by atoms with Gasteiger partial charge in [-0.05, 0) is 67.9 Å². The Morgan fingerprint density at radius 1 is 0.837 bits per heavy atom. The predicted octanol–water partition coefficient (Wildman–Crippen LogP) is 3.36. The Kier molecular flexibility index (Phi) is 15.3. The van der Waals surface area contributed by atoms with Crippen molar-refractivity contribution >= 4 is 39.3 Å². The maximum atomic E-state index is 13.7. The first-order valence-electron chi connectivity index (χ1n) is 16.7. The highest BCUT2D eigenvalue weighted by Crippen LogP contribution is 2.23. The molecule has 0 saturated heterocycles. The lowest BCUT2D eigenvalue weighted by molar-refractivity contribution is -0.132. The highest BCUT2D eigenvalue weighted by molar-refractivity contribution is 7.92. The SMILES string of the molecule is Cc1ccc(CNC(=O)c2cc(C(=O)NC(CC(C)C)C(O)CC(C)C(=O)NC(C(=O)NCC(C)C)C(C)C)cc(N(C)S(C)(=O)=O)c2)o1. The summed E-state index contributed by atoms with van der Waals surface area (Å²) in [5.74, 6) is -1.22. The molecule has 4 atom stereocenters. The Balaban J connectivity index is 2.28. The van der Waals surface area contributed by atoms with Gasteiger partial charge in [0.1, 0.15) is 17.6 Å². The number of nitrogens with one attached hydrogen (secondary N) is 4. The standard InChI is InChI=1S/C35H55N5O8S/c1-20(2)13-29(30(41)14-23(7)32(42)39-31(22(5)6)35(45)36-18-21(3)4)38-34(44)26-15-25(16-27(17-26)40(9)49(10,46)47)33(43)37-19-28-12-11-24(8)48-28/h11-12,15-17,20-23,29-31,41H,13-14,18-19H2,1-10H3,(H,36,45)(H,37,43)(H,38,44)(H,39,42). The molecule has 274 valence electrons. The monoisotopic (exact) mass is 705 g/mol. The first kappa shape index (κ1) is 41.3. The van der Waals surface area contributed by atoms with E-state index in [1.54, 1.807) is 26.0 Å². The minimum absolute atomic E-state index is 0.00130. The highest BCUT2D eigenvalue weighted by atomic mass is 32.2. The summed E-state index contributed by atoms with van der Waals surface area (Å²) in [7, 11) is -2.43. The van der Waals surface area contributed by atoms with E-state index in [2.05, 4.69) is 21.3 Å². The molecule has 4 amide bonds. The molecule has 0 bridgehead atoms. The third-order valence-electron chi connectivity index (χ3n) is 8.00. The van der Waals surface area contributed by atoms with E-state index in [1.165, 1.54) is 25.2 Å². The summed E-state index contributed by atoms with van der Waals surface area (Å²) in [4.78, 5) is 52.8. The zero-order chi connectivity index (χ0) is 37.2.